The van der Waals surface area contributed by atoms with Gasteiger partial charge in [0.1, 0.15) is 18.2 Å². The molecule has 1 aromatic carbocycles. The fraction of sp³-hybridized carbons (Fsp3) is 0.286. The summed E-state index contributed by atoms with van der Waals surface area (Å²) in [6.07, 6.45) is 5.59. The Kier molecular flexibility index (Phi) is 5.49. The van der Waals surface area contributed by atoms with Crippen LogP contribution in [-0.4, -0.2) is 39.5 Å². The second-order valence-electron chi connectivity index (χ2n) is 6.85. The Hall–Kier alpha value is -2.93. The number of benzene rings is 1. The third-order valence-corrected chi connectivity index (χ3v) is 5.26. The molecule has 29 heavy (non-hydrogen) atoms. The van der Waals surface area contributed by atoms with Gasteiger partial charge in [-0.3, -0.25) is 4.79 Å². The Morgan fingerprint density at radius 2 is 2.17 bits per heavy atom. The van der Waals surface area contributed by atoms with Crippen molar-refractivity contribution >= 4 is 17.5 Å². The number of hydrogen-bond donors (Lipinski definition) is 0. The van der Waals surface area contributed by atoms with Gasteiger partial charge < -0.3 is 14.1 Å². The molecule has 1 fully saturated rings. The van der Waals surface area contributed by atoms with E-state index in [2.05, 4.69) is 9.97 Å². The molecular weight excluding hydrogens is 397 g/mol. The molecule has 1 aliphatic heterocycles. The third kappa shape index (κ3) is 3.96. The Morgan fingerprint density at radius 1 is 1.31 bits per heavy atom. The smallest absolute Gasteiger partial charge is 0.255 e. The van der Waals surface area contributed by atoms with Crippen molar-refractivity contribution in [3.63, 3.8) is 0 Å². The third-order valence-electron chi connectivity index (χ3n) is 5.04. The average Bonchev–Trinajstić information content (AvgIpc) is 3.25. The van der Waals surface area contributed by atoms with Crippen molar-refractivity contribution < 1.29 is 18.3 Å². The van der Waals surface area contributed by atoms with Crippen LogP contribution in [0.25, 0.3) is 11.5 Å². The van der Waals surface area contributed by atoms with Gasteiger partial charge in [0.2, 0.25) is 11.8 Å². The van der Waals surface area contributed by atoms with E-state index < -0.39 is 5.82 Å². The number of pyridine rings is 1. The number of amides is 1. The monoisotopic (exact) mass is 415 g/mol. The Labute approximate surface area is 172 Å². The second kappa shape index (κ2) is 8.21. The van der Waals surface area contributed by atoms with E-state index in [-0.39, 0.29) is 35.1 Å². The minimum Gasteiger partial charge on any atom is -0.472 e. The number of carbonyl (C=O) groups excluding carboxylic acids is 1. The van der Waals surface area contributed by atoms with Crippen LogP contribution in [0.2, 0.25) is 5.02 Å². The first kappa shape index (κ1) is 19.4. The molecule has 150 valence electrons. The van der Waals surface area contributed by atoms with E-state index in [1.807, 2.05) is 6.92 Å². The molecule has 2 atom stereocenters. The zero-order valence-electron chi connectivity index (χ0n) is 15.7. The number of halogens is 2. The minimum atomic E-state index is -0.555. The highest BCUT2D eigenvalue weighted by Crippen LogP contribution is 2.30. The Bertz CT molecular complexity index is 995. The molecule has 0 spiro atoms. The number of hydrogen-bond acceptors (Lipinski definition) is 5. The number of nitrogens with zero attached hydrogens (tertiary/aromatic N) is 3. The number of rotatable bonds is 4. The lowest BCUT2D eigenvalue weighted by molar-refractivity contribution is 0.0266. The molecule has 2 aromatic heterocycles. The standard InChI is InChI=1S/C21H19ClFN3O3/c1-13-17(29-18-8-7-14(22)12-25-18)6-3-10-26(13)21(27)15-4-2-5-16(23)19(15)20-24-9-11-28-20/h2,4-5,7-9,11-13,17H,3,6,10H2,1H3. The van der Waals surface area contributed by atoms with Crippen LogP contribution in [0.15, 0.2) is 53.4 Å². The average molecular weight is 416 g/mol. The van der Waals surface area contributed by atoms with Gasteiger partial charge >= 0.3 is 0 Å². The van der Waals surface area contributed by atoms with Gasteiger partial charge in [-0.25, -0.2) is 14.4 Å². The summed E-state index contributed by atoms with van der Waals surface area (Å²) in [7, 11) is 0. The van der Waals surface area contributed by atoms with Gasteiger partial charge in [0, 0.05) is 18.8 Å². The summed E-state index contributed by atoms with van der Waals surface area (Å²) in [5.41, 5.74) is 0.279. The van der Waals surface area contributed by atoms with Gasteiger partial charge in [0.05, 0.1) is 28.4 Å². The van der Waals surface area contributed by atoms with Gasteiger partial charge in [-0.05, 0) is 38.0 Å². The largest absolute Gasteiger partial charge is 0.472 e. The molecule has 1 aliphatic rings. The van der Waals surface area contributed by atoms with Gasteiger partial charge in [-0.1, -0.05) is 17.7 Å². The molecule has 6 nitrogen and oxygen atoms in total. The minimum absolute atomic E-state index is 0.0668. The molecule has 1 amide bonds. The van der Waals surface area contributed by atoms with Crippen LogP contribution in [0.5, 0.6) is 5.88 Å². The molecule has 0 saturated carbocycles. The molecule has 0 aliphatic carbocycles. The number of oxazole rings is 1. The van der Waals surface area contributed by atoms with Crippen LogP contribution >= 0.6 is 11.6 Å². The van der Waals surface area contributed by atoms with Crippen molar-refractivity contribution in [3.05, 3.63) is 65.4 Å². The number of carbonyl (C=O) groups is 1. The molecule has 0 bridgehead atoms. The van der Waals surface area contributed by atoms with Crippen LogP contribution in [0, 0.1) is 5.82 Å². The van der Waals surface area contributed by atoms with Crippen LogP contribution in [0.4, 0.5) is 4.39 Å². The fourth-order valence-electron chi connectivity index (χ4n) is 3.56. The quantitative estimate of drug-likeness (QED) is 0.622. The molecule has 2 unspecified atom stereocenters. The number of likely N-dealkylation sites (tertiary alicyclic amines) is 1. The summed E-state index contributed by atoms with van der Waals surface area (Å²) in [6, 6.07) is 7.56. The molecule has 8 heteroatoms. The zero-order chi connectivity index (χ0) is 20.4. The predicted octanol–water partition coefficient (Wildman–Crippen LogP) is 4.60. The summed E-state index contributed by atoms with van der Waals surface area (Å²) in [5, 5.41) is 0.524. The normalized spacial score (nSPS) is 19.2. The lowest BCUT2D eigenvalue weighted by Crippen LogP contribution is -2.51. The van der Waals surface area contributed by atoms with Crippen molar-refractivity contribution in [2.75, 3.05) is 6.54 Å². The van der Waals surface area contributed by atoms with Crippen LogP contribution < -0.4 is 4.74 Å². The lowest BCUT2D eigenvalue weighted by atomic mass is 9.97. The van der Waals surface area contributed by atoms with Crippen LogP contribution in [0.3, 0.4) is 0 Å². The van der Waals surface area contributed by atoms with Crippen molar-refractivity contribution in [2.45, 2.75) is 31.9 Å². The predicted molar refractivity (Wildman–Crippen MR) is 105 cm³/mol. The van der Waals surface area contributed by atoms with E-state index in [0.29, 0.717) is 17.4 Å². The van der Waals surface area contributed by atoms with E-state index in [9.17, 15) is 9.18 Å². The first-order valence-corrected chi connectivity index (χ1v) is 9.70. The molecule has 3 aromatic rings. The Morgan fingerprint density at radius 3 is 2.90 bits per heavy atom. The van der Waals surface area contributed by atoms with E-state index in [4.69, 9.17) is 20.8 Å². The summed E-state index contributed by atoms with van der Waals surface area (Å²) < 4.78 is 25.8. The topological polar surface area (TPSA) is 68.5 Å². The first-order chi connectivity index (χ1) is 14.0. The summed E-state index contributed by atoms with van der Waals surface area (Å²) in [5.74, 6) is -0.315. The van der Waals surface area contributed by atoms with Crippen molar-refractivity contribution in [1.82, 2.24) is 14.9 Å². The summed E-state index contributed by atoms with van der Waals surface area (Å²) in [6.45, 7) is 2.47. The van der Waals surface area contributed by atoms with E-state index in [1.165, 1.54) is 30.8 Å². The highest BCUT2D eigenvalue weighted by Gasteiger charge is 2.35. The zero-order valence-corrected chi connectivity index (χ0v) is 16.5. The van der Waals surface area contributed by atoms with Crippen LogP contribution in [-0.2, 0) is 0 Å². The maximum Gasteiger partial charge on any atom is 0.255 e. The highest BCUT2D eigenvalue weighted by atomic mass is 35.5. The number of aromatic nitrogens is 2. The van der Waals surface area contributed by atoms with E-state index in [0.717, 1.165) is 12.8 Å². The van der Waals surface area contributed by atoms with Crippen LogP contribution in [0.1, 0.15) is 30.1 Å². The second-order valence-corrected chi connectivity index (χ2v) is 7.29. The molecule has 3 heterocycles. The highest BCUT2D eigenvalue weighted by molar-refractivity contribution is 6.30. The SMILES string of the molecule is CC1C(Oc2ccc(Cl)cn2)CCCN1C(=O)c1cccc(F)c1-c1ncco1. The Balaban J connectivity index is 1.59. The first-order valence-electron chi connectivity index (χ1n) is 9.32. The van der Waals surface area contributed by atoms with Gasteiger partial charge in [-0.15, -0.1) is 0 Å². The van der Waals surface area contributed by atoms with Crippen molar-refractivity contribution in [3.8, 4) is 17.3 Å². The van der Waals surface area contributed by atoms with Crippen molar-refractivity contribution in [2.24, 2.45) is 0 Å². The molecule has 4 rings (SSSR count). The number of piperidine rings is 1. The van der Waals surface area contributed by atoms with Gasteiger partial charge in [-0.2, -0.15) is 0 Å². The molecule has 0 N–H and O–H groups in total. The molecular formula is C21H19ClFN3O3. The maximum absolute atomic E-state index is 14.5. The molecule has 0 radical (unpaired) electrons. The summed E-state index contributed by atoms with van der Waals surface area (Å²) in [4.78, 5) is 23.2. The summed E-state index contributed by atoms with van der Waals surface area (Å²) >= 11 is 5.87. The lowest BCUT2D eigenvalue weighted by Gasteiger charge is -2.39. The fourth-order valence-corrected chi connectivity index (χ4v) is 3.67. The van der Waals surface area contributed by atoms with E-state index >= 15 is 0 Å². The maximum atomic E-state index is 14.5. The number of ether oxygens (including phenoxy) is 1. The van der Waals surface area contributed by atoms with Gasteiger partial charge in [0.25, 0.3) is 5.91 Å². The molecule has 1 saturated heterocycles. The van der Waals surface area contributed by atoms with Crippen molar-refractivity contribution in [1.29, 1.82) is 0 Å². The van der Waals surface area contributed by atoms with Gasteiger partial charge in [0.15, 0.2) is 0 Å². The van der Waals surface area contributed by atoms with E-state index in [1.54, 1.807) is 23.1 Å².